The van der Waals surface area contributed by atoms with Crippen LogP contribution in [0.1, 0.15) is 11.1 Å². The SMILES string of the molecule is Cc1ccnc(NCCc2ccc([N+](=O)[O-])cc2)c1N. The lowest BCUT2D eigenvalue weighted by atomic mass is 10.1. The Kier molecular flexibility index (Phi) is 4.14. The summed E-state index contributed by atoms with van der Waals surface area (Å²) >= 11 is 0. The summed E-state index contributed by atoms with van der Waals surface area (Å²) < 4.78 is 0. The fourth-order valence-electron chi connectivity index (χ4n) is 1.82. The van der Waals surface area contributed by atoms with Crippen LogP contribution in [-0.4, -0.2) is 16.5 Å². The van der Waals surface area contributed by atoms with Crippen LogP contribution in [0, 0.1) is 17.0 Å². The molecule has 0 fully saturated rings. The molecule has 0 saturated carbocycles. The molecule has 0 spiro atoms. The Balaban J connectivity index is 1.92. The molecule has 2 rings (SSSR count). The van der Waals surface area contributed by atoms with Gasteiger partial charge >= 0.3 is 0 Å². The van der Waals surface area contributed by atoms with Crippen LogP contribution in [0.4, 0.5) is 17.2 Å². The zero-order valence-electron chi connectivity index (χ0n) is 11.2. The van der Waals surface area contributed by atoms with Gasteiger partial charge < -0.3 is 11.1 Å². The second kappa shape index (κ2) is 6.01. The number of hydrogen-bond donors (Lipinski definition) is 2. The number of nitro groups is 1. The topological polar surface area (TPSA) is 94.1 Å². The minimum atomic E-state index is -0.403. The first kappa shape index (κ1) is 13.8. The molecule has 1 aromatic carbocycles. The van der Waals surface area contributed by atoms with Crippen LogP contribution in [0.2, 0.25) is 0 Å². The lowest BCUT2D eigenvalue weighted by Crippen LogP contribution is -2.09. The molecule has 2 aromatic rings. The predicted molar refractivity (Wildman–Crippen MR) is 78.7 cm³/mol. The molecule has 3 N–H and O–H groups in total. The summed E-state index contributed by atoms with van der Waals surface area (Å²) in [4.78, 5) is 14.3. The Morgan fingerprint density at radius 2 is 2.00 bits per heavy atom. The molecule has 0 radical (unpaired) electrons. The fraction of sp³-hybridized carbons (Fsp3) is 0.214. The first-order valence-electron chi connectivity index (χ1n) is 6.26. The second-order valence-electron chi connectivity index (χ2n) is 4.49. The van der Waals surface area contributed by atoms with E-state index in [0.717, 1.165) is 17.5 Å². The highest BCUT2D eigenvalue weighted by atomic mass is 16.6. The number of benzene rings is 1. The van der Waals surface area contributed by atoms with E-state index in [0.29, 0.717) is 18.1 Å². The summed E-state index contributed by atoms with van der Waals surface area (Å²) in [5.74, 6) is 0.673. The number of pyridine rings is 1. The van der Waals surface area contributed by atoms with Crippen molar-refractivity contribution in [3.05, 3.63) is 57.8 Å². The maximum atomic E-state index is 10.6. The number of rotatable bonds is 5. The summed E-state index contributed by atoms with van der Waals surface area (Å²) in [5.41, 5.74) is 8.67. The third-order valence-corrected chi connectivity index (χ3v) is 3.06. The van der Waals surface area contributed by atoms with E-state index >= 15 is 0 Å². The summed E-state index contributed by atoms with van der Waals surface area (Å²) in [6, 6.07) is 8.39. The molecule has 0 amide bonds. The highest BCUT2D eigenvalue weighted by Gasteiger charge is 2.05. The average Bonchev–Trinajstić information content (AvgIpc) is 2.44. The van der Waals surface area contributed by atoms with Crippen molar-refractivity contribution in [3.63, 3.8) is 0 Å². The van der Waals surface area contributed by atoms with Gasteiger partial charge in [-0.3, -0.25) is 10.1 Å². The minimum Gasteiger partial charge on any atom is -0.396 e. The van der Waals surface area contributed by atoms with E-state index in [1.807, 2.05) is 13.0 Å². The van der Waals surface area contributed by atoms with Crippen molar-refractivity contribution >= 4 is 17.2 Å². The summed E-state index contributed by atoms with van der Waals surface area (Å²) in [7, 11) is 0. The third kappa shape index (κ3) is 3.23. The number of nitrogens with two attached hydrogens (primary N) is 1. The van der Waals surface area contributed by atoms with Crippen LogP contribution < -0.4 is 11.1 Å². The van der Waals surface area contributed by atoms with Crippen LogP contribution in [0.5, 0.6) is 0 Å². The van der Waals surface area contributed by atoms with Gasteiger partial charge in [0.1, 0.15) is 5.82 Å². The standard InChI is InChI=1S/C14H16N4O2/c1-10-6-8-16-14(13(10)15)17-9-7-11-2-4-12(5-3-11)18(19)20/h2-6,8H,7,9,15H2,1H3,(H,16,17). The van der Waals surface area contributed by atoms with E-state index in [4.69, 9.17) is 5.73 Å². The quantitative estimate of drug-likeness (QED) is 0.644. The monoisotopic (exact) mass is 272 g/mol. The summed E-state index contributed by atoms with van der Waals surface area (Å²) in [5, 5.41) is 13.7. The molecule has 1 heterocycles. The van der Waals surface area contributed by atoms with Crippen LogP contribution in [0.25, 0.3) is 0 Å². The molecule has 0 unspecified atom stereocenters. The number of nitrogens with one attached hydrogen (secondary N) is 1. The van der Waals surface area contributed by atoms with E-state index in [9.17, 15) is 10.1 Å². The largest absolute Gasteiger partial charge is 0.396 e. The van der Waals surface area contributed by atoms with E-state index in [1.54, 1.807) is 18.3 Å². The fourth-order valence-corrected chi connectivity index (χ4v) is 1.82. The van der Waals surface area contributed by atoms with Gasteiger partial charge in [-0.05, 0) is 30.5 Å². The average molecular weight is 272 g/mol. The van der Waals surface area contributed by atoms with Crippen LogP contribution in [0.15, 0.2) is 36.5 Å². The van der Waals surface area contributed by atoms with Gasteiger partial charge in [-0.25, -0.2) is 4.98 Å². The summed E-state index contributed by atoms with van der Waals surface area (Å²) in [6.07, 6.45) is 2.45. The maximum absolute atomic E-state index is 10.6. The van der Waals surface area contributed by atoms with E-state index in [-0.39, 0.29) is 5.69 Å². The Morgan fingerprint density at radius 1 is 1.30 bits per heavy atom. The number of nitro benzene ring substituents is 1. The molecular weight excluding hydrogens is 256 g/mol. The Bertz CT molecular complexity index is 611. The van der Waals surface area contributed by atoms with Crippen molar-refractivity contribution < 1.29 is 4.92 Å². The smallest absolute Gasteiger partial charge is 0.269 e. The zero-order valence-corrected chi connectivity index (χ0v) is 11.2. The minimum absolute atomic E-state index is 0.103. The van der Waals surface area contributed by atoms with E-state index in [1.165, 1.54) is 12.1 Å². The second-order valence-corrected chi connectivity index (χ2v) is 4.49. The van der Waals surface area contributed by atoms with Crippen LogP contribution in [-0.2, 0) is 6.42 Å². The Morgan fingerprint density at radius 3 is 2.65 bits per heavy atom. The van der Waals surface area contributed by atoms with E-state index in [2.05, 4.69) is 10.3 Å². The summed E-state index contributed by atoms with van der Waals surface area (Å²) in [6.45, 7) is 2.59. The number of anilines is 2. The highest BCUT2D eigenvalue weighted by molar-refractivity contribution is 5.64. The van der Waals surface area contributed by atoms with Crippen molar-refractivity contribution in [2.24, 2.45) is 0 Å². The van der Waals surface area contributed by atoms with E-state index < -0.39 is 4.92 Å². The van der Waals surface area contributed by atoms with Gasteiger partial charge in [0.05, 0.1) is 10.6 Å². The molecule has 0 saturated heterocycles. The molecule has 104 valence electrons. The Hall–Kier alpha value is -2.63. The lowest BCUT2D eigenvalue weighted by molar-refractivity contribution is -0.384. The Labute approximate surface area is 116 Å². The zero-order chi connectivity index (χ0) is 14.5. The van der Waals surface area contributed by atoms with Gasteiger partial charge in [-0.15, -0.1) is 0 Å². The van der Waals surface area contributed by atoms with Crippen LogP contribution in [0.3, 0.4) is 0 Å². The molecule has 0 aliphatic rings. The predicted octanol–water partition coefficient (Wildman–Crippen LogP) is 2.54. The molecule has 20 heavy (non-hydrogen) atoms. The number of nitrogen functional groups attached to an aromatic ring is 1. The normalized spacial score (nSPS) is 10.2. The molecule has 6 heteroatoms. The molecular formula is C14H16N4O2. The van der Waals surface area contributed by atoms with Gasteiger partial charge in [-0.1, -0.05) is 12.1 Å². The van der Waals surface area contributed by atoms with Crippen molar-refractivity contribution in [2.75, 3.05) is 17.6 Å². The third-order valence-electron chi connectivity index (χ3n) is 3.06. The van der Waals surface area contributed by atoms with Crippen molar-refractivity contribution in [2.45, 2.75) is 13.3 Å². The van der Waals surface area contributed by atoms with Crippen LogP contribution >= 0.6 is 0 Å². The molecule has 0 atom stereocenters. The van der Waals surface area contributed by atoms with Gasteiger partial charge in [-0.2, -0.15) is 0 Å². The van der Waals surface area contributed by atoms with Crippen molar-refractivity contribution in [1.82, 2.24) is 4.98 Å². The van der Waals surface area contributed by atoms with Crippen molar-refractivity contribution in [1.29, 1.82) is 0 Å². The molecule has 1 aromatic heterocycles. The maximum Gasteiger partial charge on any atom is 0.269 e. The number of aryl methyl sites for hydroxylation is 1. The number of aromatic nitrogens is 1. The first-order chi connectivity index (χ1) is 9.58. The highest BCUT2D eigenvalue weighted by Crippen LogP contribution is 2.18. The van der Waals surface area contributed by atoms with Gasteiger partial charge in [0.15, 0.2) is 0 Å². The molecule has 0 aliphatic heterocycles. The van der Waals surface area contributed by atoms with Gasteiger partial charge in [0.25, 0.3) is 5.69 Å². The van der Waals surface area contributed by atoms with Crippen molar-refractivity contribution in [3.8, 4) is 0 Å². The molecule has 0 bridgehead atoms. The van der Waals surface area contributed by atoms with Gasteiger partial charge in [0, 0.05) is 24.9 Å². The number of nitrogens with zero attached hydrogens (tertiary/aromatic N) is 2. The van der Waals surface area contributed by atoms with Gasteiger partial charge in [0.2, 0.25) is 0 Å². The molecule has 0 aliphatic carbocycles. The molecule has 6 nitrogen and oxygen atoms in total. The lowest BCUT2D eigenvalue weighted by Gasteiger charge is -2.09. The number of non-ortho nitro benzene ring substituents is 1. The number of hydrogen-bond acceptors (Lipinski definition) is 5. The first-order valence-corrected chi connectivity index (χ1v) is 6.26.